The van der Waals surface area contributed by atoms with Crippen LogP contribution in [0.2, 0.25) is 0 Å². The quantitative estimate of drug-likeness (QED) is 0.567. The third-order valence-corrected chi connectivity index (χ3v) is 6.09. The van der Waals surface area contributed by atoms with E-state index < -0.39 is 0 Å². The van der Waals surface area contributed by atoms with Gasteiger partial charge in [0.25, 0.3) is 0 Å². The maximum atomic E-state index is 12.6. The number of thiazole rings is 1. The molecule has 1 amide bonds. The highest BCUT2D eigenvalue weighted by atomic mass is 32.1. The number of benzene rings is 2. The van der Waals surface area contributed by atoms with Crippen molar-refractivity contribution in [1.82, 2.24) is 14.8 Å². The van der Waals surface area contributed by atoms with Crippen LogP contribution in [-0.4, -0.2) is 27.8 Å². The highest BCUT2D eigenvalue weighted by molar-refractivity contribution is 7.20. The van der Waals surface area contributed by atoms with Crippen molar-refractivity contribution in [2.45, 2.75) is 19.3 Å². The van der Waals surface area contributed by atoms with E-state index in [9.17, 15) is 4.79 Å². The zero-order valence-electron chi connectivity index (χ0n) is 15.5. The third-order valence-electron chi connectivity index (χ3n) is 5.08. The molecule has 5 rings (SSSR count). The maximum absolute atomic E-state index is 12.6. The van der Waals surface area contributed by atoms with E-state index in [0.717, 1.165) is 37.9 Å². The molecule has 28 heavy (non-hydrogen) atoms. The first kappa shape index (κ1) is 16.9. The van der Waals surface area contributed by atoms with Gasteiger partial charge in [-0.2, -0.15) is 9.78 Å². The first-order valence-corrected chi connectivity index (χ1v) is 9.85. The van der Waals surface area contributed by atoms with Gasteiger partial charge in [-0.25, -0.2) is 4.98 Å². The number of aryl methyl sites for hydroxylation is 1. The summed E-state index contributed by atoms with van der Waals surface area (Å²) in [4.78, 5) is 17.3. The summed E-state index contributed by atoms with van der Waals surface area (Å²) >= 11 is 1.56. The maximum Gasteiger partial charge on any atom is 0.226 e. The molecule has 0 bridgehead atoms. The number of carbonyl (C=O) groups is 1. The van der Waals surface area contributed by atoms with Gasteiger partial charge in [-0.15, -0.1) is 0 Å². The molecule has 1 aliphatic heterocycles. The molecule has 0 saturated carbocycles. The van der Waals surface area contributed by atoms with E-state index in [-0.39, 0.29) is 11.8 Å². The van der Waals surface area contributed by atoms with Gasteiger partial charge in [0.2, 0.25) is 11.0 Å². The molecule has 0 aliphatic carbocycles. The molecule has 0 radical (unpaired) electrons. The number of aromatic nitrogens is 3. The lowest BCUT2D eigenvalue weighted by Crippen LogP contribution is -2.25. The van der Waals surface area contributed by atoms with Crippen LogP contribution >= 0.6 is 11.3 Å². The first-order chi connectivity index (χ1) is 13.7. The predicted octanol–water partition coefficient (Wildman–Crippen LogP) is 4.27. The highest BCUT2D eigenvalue weighted by Crippen LogP contribution is 2.43. The minimum atomic E-state index is -0.108. The summed E-state index contributed by atoms with van der Waals surface area (Å²) in [5, 5.41) is 8.49. The van der Waals surface area contributed by atoms with Crippen LogP contribution in [-0.2, 0) is 4.79 Å². The number of hydrogen-bond donors (Lipinski definition) is 1. The van der Waals surface area contributed by atoms with Gasteiger partial charge in [-0.1, -0.05) is 41.7 Å². The van der Waals surface area contributed by atoms with Gasteiger partial charge in [0.05, 0.1) is 23.0 Å². The summed E-state index contributed by atoms with van der Waals surface area (Å²) in [6.07, 6.45) is 0.361. The minimum Gasteiger partial charge on any atom is -0.496 e. The SMILES string of the molecule is COc1ccccc1[C@@H]1CC(=O)Nc2c1c(C)nn2-c1nc2ccccc2s1. The van der Waals surface area contributed by atoms with E-state index in [1.807, 2.05) is 55.5 Å². The highest BCUT2D eigenvalue weighted by Gasteiger charge is 2.34. The number of nitrogens with zero attached hydrogens (tertiary/aromatic N) is 3. The van der Waals surface area contributed by atoms with Gasteiger partial charge in [0.1, 0.15) is 11.6 Å². The van der Waals surface area contributed by atoms with Crippen molar-refractivity contribution in [2.75, 3.05) is 12.4 Å². The largest absolute Gasteiger partial charge is 0.496 e. The van der Waals surface area contributed by atoms with Crippen LogP contribution in [0.3, 0.4) is 0 Å². The van der Waals surface area contributed by atoms with Gasteiger partial charge >= 0.3 is 0 Å². The Labute approximate surface area is 165 Å². The van der Waals surface area contributed by atoms with Crippen molar-refractivity contribution in [3.63, 3.8) is 0 Å². The summed E-state index contributed by atoms with van der Waals surface area (Å²) in [5.41, 5.74) is 3.81. The standard InChI is InChI=1S/C21H18N4O2S/c1-12-19-14(13-7-3-5-9-16(13)27-2)11-18(26)23-20(19)25(24-12)21-22-15-8-4-6-10-17(15)28-21/h3-10,14H,11H2,1-2H3,(H,23,26)/t14-/m0/s1. The fraction of sp³-hybridized carbons (Fsp3) is 0.190. The molecule has 2 aromatic carbocycles. The lowest BCUT2D eigenvalue weighted by Gasteiger charge is -2.25. The number of fused-ring (bicyclic) bond motifs is 2. The molecule has 1 aliphatic rings. The topological polar surface area (TPSA) is 69.0 Å². The number of carbonyl (C=O) groups excluding carboxylic acids is 1. The zero-order valence-corrected chi connectivity index (χ0v) is 16.3. The Morgan fingerprint density at radius 2 is 1.96 bits per heavy atom. The molecule has 0 spiro atoms. The fourth-order valence-corrected chi connectivity index (χ4v) is 4.78. The van der Waals surface area contributed by atoms with E-state index in [1.54, 1.807) is 23.1 Å². The molecule has 6 nitrogen and oxygen atoms in total. The Morgan fingerprint density at radius 3 is 2.79 bits per heavy atom. The molecule has 0 saturated heterocycles. The molecule has 3 heterocycles. The molecule has 0 unspecified atom stereocenters. The van der Waals surface area contributed by atoms with E-state index in [4.69, 9.17) is 14.8 Å². The molecular weight excluding hydrogens is 372 g/mol. The zero-order chi connectivity index (χ0) is 19.3. The predicted molar refractivity (Wildman–Crippen MR) is 110 cm³/mol. The van der Waals surface area contributed by atoms with Crippen LogP contribution in [0.15, 0.2) is 48.5 Å². The summed E-state index contributed by atoms with van der Waals surface area (Å²) in [6, 6.07) is 15.8. The molecule has 4 aromatic rings. The van der Waals surface area contributed by atoms with Gasteiger partial charge in [0.15, 0.2) is 0 Å². The Kier molecular flexibility index (Phi) is 3.91. The van der Waals surface area contributed by atoms with Gasteiger partial charge in [-0.05, 0) is 25.1 Å². The van der Waals surface area contributed by atoms with Crippen LogP contribution in [0.1, 0.15) is 29.2 Å². The number of methoxy groups -OCH3 is 1. The summed E-state index contributed by atoms with van der Waals surface area (Å²) in [6.45, 7) is 1.97. The Bertz CT molecular complexity index is 1180. The molecule has 140 valence electrons. The molecule has 2 aromatic heterocycles. The van der Waals surface area contributed by atoms with Crippen molar-refractivity contribution >= 4 is 33.3 Å². The van der Waals surface area contributed by atoms with E-state index >= 15 is 0 Å². The third kappa shape index (κ3) is 2.58. The average Bonchev–Trinajstić information content (AvgIpc) is 3.28. The van der Waals surface area contributed by atoms with Crippen LogP contribution in [0.5, 0.6) is 5.75 Å². The lowest BCUT2D eigenvalue weighted by molar-refractivity contribution is -0.116. The molecule has 1 N–H and O–H groups in total. The van der Waals surface area contributed by atoms with Crippen molar-refractivity contribution < 1.29 is 9.53 Å². The second-order valence-electron chi connectivity index (χ2n) is 6.77. The number of hydrogen-bond acceptors (Lipinski definition) is 5. The monoisotopic (exact) mass is 390 g/mol. The molecular formula is C21H18N4O2S. The van der Waals surface area contributed by atoms with E-state index in [2.05, 4.69) is 5.32 Å². The van der Waals surface area contributed by atoms with Gasteiger partial charge in [0, 0.05) is 23.5 Å². The number of amides is 1. The van der Waals surface area contributed by atoms with E-state index in [0.29, 0.717) is 12.2 Å². The van der Waals surface area contributed by atoms with Crippen molar-refractivity contribution in [3.8, 4) is 10.9 Å². The summed E-state index contributed by atoms with van der Waals surface area (Å²) in [5.74, 6) is 1.33. The lowest BCUT2D eigenvalue weighted by atomic mass is 9.85. The van der Waals surface area contributed by atoms with Crippen LogP contribution < -0.4 is 10.1 Å². The number of anilines is 1. The number of nitrogens with one attached hydrogen (secondary N) is 1. The molecule has 0 fully saturated rings. The first-order valence-electron chi connectivity index (χ1n) is 9.04. The van der Waals surface area contributed by atoms with Crippen molar-refractivity contribution in [1.29, 1.82) is 0 Å². The second-order valence-corrected chi connectivity index (χ2v) is 7.78. The number of rotatable bonds is 3. The van der Waals surface area contributed by atoms with Crippen molar-refractivity contribution in [3.05, 3.63) is 65.4 Å². The van der Waals surface area contributed by atoms with Crippen LogP contribution in [0, 0.1) is 6.92 Å². The van der Waals surface area contributed by atoms with Crippen molar-refractivity contribution in [2.24, 2.45) is 0 Å². The molecule has 7 heteroatoms. The van der Waals surface area contributed by atoms with Gasteiger partial charge < -0.3 is 10.1 Å². The van der Waals surface area contributed by atoms with Gasteiger partial charge in [-0.3, -0.25) is 4.79 Å². The minimum absolute atomic E-state index is 0.0364. The Balaban J connectivity index is 1.69. The Hall–Kier alpha value is -3.19. The normalized spacial score (nSPS) is 16.1. The fourth-order valence-electron chi connectivity index (χ4n) is 3.86. The Morgan fingerprint density at radius 1 is 1.18 bits per heavy atom. The number of para-hydroxylation sites is 2. The molecule has 1 atom stereocenters. The van der Waals surface area contributed by atoms with Crippen LogP contribution in [0.4, 0.5) is 5.82 Å². The second kappa shape index (κ2) is 6.45. The summed E-state index contributed by atoms with van der Waals surface area (Å²) in [7, 11) is 1.65. The van der Waals surface area contributed by atoms with E-state index in [1.165, 1.54) is 0 Å². The smallest absolute Gasteiger partial charge is 0.226 e. The number of ether oxygens (including phenoxy) is 1. The summed E-state index contributed by atoms with van der Waals surface area (Å²) < 4.78 is 8.40. The van der Waals surface area contributed by atoms with Crippen LogP contribution in [0.25, 0.3) is 15.3 Å². The average molecular weight is 390 g/mol.